The number of nitrogens with one attached hydrogen (secondary N) is 1. The van der Waals surface area contributed by atoms with Gasteiger partial charge in [-0.1, -0.05) is 25.8 Å². The van der Waals surface area contributed by atoms with Gasteiger partial charge in [0.2, 0.25) is 10.0 Å². The molecule has 0 radical (unpaired) electrons. The molecule has 0 atom stereocenters. The van der Waals surface area contributed by atoms with Gasteiger partial charge < -0.3 is 5.73 Å². The lowest BCUT2D eigenvalue weighted by Crippen LogP contribution is -2.18. The molecule has 0 amide bonds. The third-order valence-electron chi connectivity index (χ3n) is 2.29. The van der Waals surface area contributed by atoms with E-state index < -0.39 is 10.0 Å². The molecule has 1 aromatic heterocycles. The average Bonchev–Trinajstić information content (AvgIpc) is 2.34. The first-order valence-corrected chi connectivity index (χ1v) is 7.74. The predicted molar refractivity (Wildman–Crippen MR) is 77.0 cm³/mol. The summed E-state index contributed by atoms with van der Waals surface area (Å²) < 4.78 is 26.1. The number of nitrogens with zero attached hydrogens (tertiary/aromatic N) is 1. The highest BCUT2D eigenvalue weighted by molar-refractivity contribution is 7.92. The van der Waals surface area contributed by atoms with Gasteiger partial charge in [-0.2, -0.15) is 0 Å². The zero-order valence-corrected chi connectivity index (χ0v) is 12.0. The molecule has 1 heterocycles. The molecule has 5 nitrogen and oxygen atoms in total. The smallest absolute Gasteiger partial charge is 0.233 e. The van der Waals surface area contributed by atoms with Crippen molar-refractivity contribution < 1.29 is 8.42 Å². The number of pyridine rings is 1. The zero-order valence-electron chi connectivity index (χ0n) is 11.2. The predicted octanol–water partition coefficient (Wildman–Crippen LogP) is 1.18. The summed E-state index contributed by atoms with van der Waals surface area (Å²) >= 11 is 0. The minimum atomic E-state index is -3.35. The van der Waals surface area contributed by atoms with Gasteiger partial charge in [0.05, 0.1) is 12.3 Å². The van der Waals surface area contributed by atoms with Crippen molar-refractivity contribution in [3.8, 4) is 11.8 Å². The molecule has 1 aromatic rings. The Morgan fingerprint density at radius 2 is 2.16 bits per heavy atom. The van der Waals surface area contributed by atoms with E-state index in [-0.39, 0.29) is 18.1 Å². The van der Waals surface area contributed by atoms with Crippen LogP contribution in [0.4, 0.5) is 5.82 Å². The summed E-state index contributed by atoms with van der Waals surface area (Å²) in [5.74, 6) is 6.14. The summed E-state index contributed by atoms with van der Waals surface area (Å²) in [7, 11) is -3.35. The normalized spacial score (nSPS) is 10.9. The van der Waals surface area contributed by atoms with E-state index in [2.05, 4.69) is 21.5 Å². The van der Waals surface area contributed by atoms with Crippen molar-refractivity contribution in [2.75, 3.05) is 17.0 Å². The van der Waals surface area contributed by atoms with E-state index >= 15 is 0 Å². The molecule has 6 heteroatoms. The quantitative estimate of drug-likeness (QED) is 0.794. The molecule has 0 aromatic carbocycles. The van der Waals surface area contributed by atoms with E-state index in [0.717, 1.165) is 0 Å². The summed E-state index contributed by atoms with van der Waals surface area (Å²) in [6, 6.07) is 5.00. The standard InChI is InChI=1S/C13H19N3O2S/c1-11(2)8-10-19(17,18)16-13-7-3-5-12(15-13)6-4-9-14/h3,5,7,11H,8-10,14H2,1-2H3,(H,15,16). The van der Waals surface area contributed by atoms with Crippen molar-refractivity contribution in [2.45, 2.75) is 20.3 Å². The van der Waals surface area contributed by atoms with Crippen LogP contribution in [0, 0.1) is 17.8 Å². The van der Waals surface area contributed by atoms with E-state index in [9.17, 15) is 8.42 Å². The van der Waals surface area contributed by atoms with Gasteiger partial charge in [-0.15, -0.1) is 0 Å². The summed E-state index contributed by atoms with van der Waals surface area (Å²) in [6.45, 7) is 4.21. The van der Waals surface area contributed by atoms with Crippen LogP contribution >= 0.6 is 0 Å². The maximum atomic E-state index is 11.8. The first-order valence-electron chi connectivity index (χ1n) is 6.09. The zero-order chi connectivity index (χ0) is 14.3. The van der Waals surface area contributed by atoms with Gasteiger partial charge in [0.15, 0.2) is 0 Å². The molecule has 3 N–H and O–H groups in total. The van der Waals surface area contributed by atoms with Crippen molar-refractivity contribution in [3.63, 3.8) is 0 Å². The summed E-state index contributed by atoms with van der Waals surface area (Å²) in [5, 5.41) is 0. The van der Waals surface area contributed by atoms with Crippen LogP contribution in [0.5, 0.6) is 0 Å². The van der Waals surface area contributed by atoms with Crippen molar-refractivity contribution in [2.24, 2.45) is 11.7 Å². The Morgan fingerprint density at radius 1 is 1.42 bits per heavy atom. The maximum Gasteiger partial charge on any atom is 0.233 e. The number of nitrogens with two attached hydrogens (primary N) is 1. The Bertz CT molecular complexity index is 571. The molecule has 0 aliphatic carbocycles. The van der Waals surface area contributed by atoms with Gasteiger partial charge in [-0.25, -0.2) is 13.4 Å². The highest BCUT2D eigenvalue weighted by Crippen LogP contribution is 2.09. The third kappa shape index (κ3) is 6.22. The maximum absolute atomic E-state index is 11.8. The van der Waals surface area contributed by atoms with Crippen molar-refractivity contribution in [1.29, 1.82) is 0 Å². The number of hydrogen-bond donors (Lipinski definition) is 2. The number of anilines is 1. The molecule has 0 unspecified atom stereocenters. The Labute approximate surface area is 114 Å². The highest BCUT2D eigenvalue weighted by Gasteiger charge is 2.12. The van der Waals surface area contributed by atoms with Crippen molar-refractivity contribution in [1.82, 2.24) is 4.98 Å². The summed E-state index contributed by atoms with van der Waals surface area (Å²) in [5.41, 5.74) is 5.77. The molecule has 1 rings (SSSR count). The number of sulfonamides is 1. The molecule has 0 saturated heterocycles. The molecule has 19 heavy (non-hydrogen) atoms. The second-order valence-corrected chi connectivity index (χ2v) is 6.36. The van der Waals surface area contributed by atoms with Crippen LogP contribution < -0.4 is 10.5 Å². The molecule has 0 spiro atoms. The topological polar surface area (TPSA) is 85.1 Å². The number of hydrogen-bond acceptors (Lipinski definition) is 4. The fraction of sp³-hybridized carbons (Fsp3) is 0.462. The largest absolute Gasteiger partial charge is 0.320 e. The summed E-state index contributed by atoms with van der Waals surface area (Å²) in [4.78, 5) is 4.10. The van der Waals surface area contributed by atoms with Gasteiger partial charge in [0, 0.05) is 0 Å². The van der Waals surface area contributed by atoms with Crippen LogP contribution in [0.3, 0.4) is 0 Å². The Morgan fingerprint density at radius 3 is 2.79 bits per heavy atom. The van der Waals surface area contributed by atoms with Gasteiger partial charge >= 0.3 is 0 Å². The van der Waals surface area contributed by atoms with E-state index in [1.54, 1.807) is 18.2 Å². The number of aromatic nitrogens is 1. The second kappa shape index (κ2) is 7.12. The first-order chi connectivity index (χ1) is 8.93. The molecular formula is C13H19N3O2S. The minimum Gasteiger partial charge on any atom is -0.320 e. The fourth-order valence-electron chi connectivity index (χ4n) is 1.30. The monoisotopic (exact) mass is 281 g/mol. The molecule has 0 fully saturated rings. The van der Waals surface area contributed by atoms with Gasteiger partial charge in [0.25, 0.3) is 0 Å². The molecule has 0 saturated carbocycles. The molecule has 104 valence electrons. The van der Waals surface area contributed by atoms with Crippen LogP contribution in [-0.2, 0) is 10.0 Å². The fourth-order valence-corrected chi connectivity index (χ4v) is 2.62. The number of rotatable bonds is 5. The lowest BCUT2D eigenvalue weighted by Gasteiger charge is -2.08. The molecule has 0 aliphatic heterocycles. The van der Waals surface area contributed by atoms with Crippen LogP contribution in [-0.4, -0.2) is 25.7 Å². The van der Waals surface area contributed by atoms with E-state index in [0.29, 0.717) is 18.0 Å². The average molecular weight is 281 g/mol. The molecule has 0 bridgehead atoms. The lowest BCUT2D eigenvalue weighted by atomic mass is 10.2. The van der Waals surface area contributed by atoms with Crippen LogP contribution in [0.1, 0.15) is 26.0 Å². The second-order valence-electron chi connectivity index (χ2n) is 4.52. The van der Waals surface area contributed by atoms with Gasteiger partial charge in [0.1, 0.15) is 11.5 Å². The van der Waals surface area contributed by atoms with Gasteiger partial charge in [-0.3, -0.25) is 4.72 Å². The van der Waals surface area contributed by atoms with Crippen molar-refractivity contribution in [3.05, 3.63) is 23.9 Å². The lowest BCUT2D eigenvalue weighted by molar-refractivity contribution is 0.578. The minimum absolute atomic E-state index is 0.0883. The Kier molecular flexibility index (Phi) is 5.80. The van der Waals surface area contributed by atoms with Crippen molar-refractivity contribution >= 4 is 15.8 Å². The van der Waals surface area contributed by atoms with Crippen LogP contribution in [0.15, 0.2) is 18.2 Å². The van der Waals surface area contributed by atoms with Crippen LogP contribution in [0.25, 0.3) is 0 Å². The van der Waals surface area contributed by atoms with Crippen LogP contribution in [0.2, 0.25) is 0 Å². The highest BCUT2D eigenvalue weighted by atomic mass is 32.2. The third-order valence-corrected chi connectivity index (χ3v) is 3.58. The van der Waals surface area contributed by atoms with E-state index in [1.807, 2.05) is 13.8 Å². The molecule has 0 aliphatic rings. The Hall–Kier alpha value is -1.58. The molecular weight excluding hydrogens is 262 g/mol. The Balaban J connectivity index is 2.76. The van der Waals surface area contributed by atoms with Gasteiger partial charge in [-0.05, 0) is 30.4 Å². The summed E-state index contributed by atoms with van der Waals surface area (Å²) in [6.07, 6.45) is 0.613. The SMILES string of the molecule is CC(C)CCS(=O)(=O)Nc1cccc(C#CCN)n1. The first kappa shape index (κ1) is 15.5. The van der Waals surface area contributed by atoms with E-state index in [1.165, 1.54) is 0 Å². The van der Waals surface area contributed by atoms with E-state index in [4.69, 9.17) is 5.73 Å².